The monoisotopic (exact) mass is 261 g/mol. The summed E-state index contributed by atoms with van der Waals surface area (Å²) < 4.78 is 0. The van der Waals surface area contributed by atoms with Gasteiger partial charge in [0.15, 0.2) is 0 Å². The van der Waals surface area contributed by atoms with Crippen molar-refractivity contribution in [2.75, 3.05) is 0 Å². The van der Waals surface area contributed by atoms with Crippen molar-refractivity contribution in [2.24, 2.45) is 0 Å². The number of carbonyl (C=O) groups is 1. The van der Waals surface area contributed by atoms with Crippen molar-refractivity contribution < 1.29 is 9.90 Å². The van der Waals surface area contributed by atoms with E-state index in [0.717, 1.165) is 22.9 Å². The van der Waals surface area contributed by atoms with Gasteiger partial charge in [0.2, 0.25) is 0 Å². The average molecular weight is 262 g/mol. The third-order valence-electron chi connectivity index (χ3n) is 3.84. The lowest BCUT2D eigenvalue weighted by Gasteiger charge is -2.38. The topological polar surface area (TPSA) is 50.2 Å². The summed E-state index contributed by atoms with van der Waals surface area (Å²) in [6, 6.07) is 7.24. The molecule has 0 aliphatic heterocycles. The van der Waals surface area contributed by atoms with E-state index in [2.05, 4.69) is 4.98 Å². The predicted octanol–water partition coefficient (Wildman–Crippen LogP) is 3.39. The Labute approximate surface area is 109 Å². The zero-order chi connectivity index (χ0) is 12.8. The zero-order valence-electron chi connectivity index (χ0n) is 9.69. The first-order valence-electron chi connectivity index (χ1n) is 5.92. The van der Waals surface area contributed by atoms with E-state index in [-0.39, 0.29) is 0 Å². The molecule has 1 aromatic heterocycles. The standard InChI is InChI=1S/C14H12ClNO2/c15-9-2-3-10-11(4-7-16-12(10)8-9)14(13(17)18)5-1-6-14/h2-4,7-8H,1,5-6H2,(H,17,18). The van der Waals surface area contributed by atoms with Crippen LogP contribution >= 0.6 is 11.6 Å². The molecule has 18 heavy (non-hydrogen) atoms. The molecule has 0 saturated heterocycles. The van der Waals surface area contributed by atoms with Crippen molar-refractivity contribution in [3.63, 3.8) is 0 Å². The molecule has 4 heteroatoms. The van der Waals surface area contributed by atoms with Gasteiger partial charge in [-0.2, -0.15) is 0 Å². The molecule has 3 nitrogen and oxygen atoms in total. The normalized spacial score (nSPS) is 17.4. The van der Waals surface area contributed by atoms with Gasteiger partial charge in [0.05, 0.1) is 10.9 Å². The number of hydrogen-bond donors (Lipinski definition) is 1. The number of carboxylic acid groups (broad SMARTS) is 1. The van der Waals surface area contributed by atoms with Gasteiger partial charge in [-0.15, -0.1) is 0 Å². The minimum atomic E-state index is -0.740. The summed E-state index contributed by atoms with van der Waals surface area (Å²) in [5.74, 6) is -0.740. The number of carboxylic acids is 1. The smallest absolute Gasteiger partial charge is 0.314 e. The fraction of sp³-hybridized carbons (Fsp3) is 0.286. The number of rotatable bonds is 2. The molecule has 0 bridgehead atoms. The van der Waals surface area contributed by atoms with Crippen LogP contribution in [0, 0.1) is 0 Å². The van der Waals surface area contributed by atoms with E-state index in [1.165, 1.54) is 0 Å². The Kier molecular flexibility index (Phi) is 2.52. The Hall–Kier alpha value is -1.61. The number of halogens is 1. The molecule has 0 unspecified atom stereocenters. The molecule has 0 atom stereocenters. The Morgan fingerprint density at radius 2 is 2.11 bits per heavy atom. The second kappa shape index (κ2) is 3.95. The summed E-state index contributed by atoms with van der Waals surface area (Å²) in [5.41, 5.74) is 0.894. The van der Waals surface area contributed by atoms with E-state index in [9.17, 15) is 9.90 Å². The minimum Gasteiger partial charge on any atom is -0.481 e. The quantitative estimate of drug-likeness (QED) is 0.901. The molecule has 0 radical (unpaired) electrons. The number of nitrogens with zero attached hydrogens (tertiary/aromatic N) is 1. The van der Waals surface area contributed by atoms with Gasteiger partial charge >= 0.3 is 5.97 Å². The summed E-state index contributed by atoms with van der Waals surface area (Å²) in [4.78, 5) is 15.8. The average Bonchev–Trinajstić information content (AvgIpc) is 2.26. The van der Waals surface area contributed by atoms with Crippen LogP contribution in [-0.4, -0.2) is 16.1 Å². The first kappa shape index (κ1) is 11.5. The summed E-state index contributed by atoms with van der Waals surface area (Å²) in [6.45, 7) is 0. The highest BCUT2D eigenvalue weighted by atomic mass is 35.5. The number of pyridine rings is 1. The van der Waals surface area contributed by atoms with Crippen molar-refractivity contribution in [3.05, 3.63) is 41.0 Å². The van der Waals surface area contributed by atoms with Gasteiger partial charge in [0.1, 0.15) is 0 Å². The highest BCUT2D eigenvalue weighted by Gasteiger charge is 2.46. The summed E-state index contributed by atoms with van der Waals surface area (Å²) in [6.07, 6.45) is 4.02. The Morgan fingerprint density at radius 1 is 1.33 bits per heavy atom. The van der Waals surface area contributed by atoms with Crippen molar-refractivity contribution >= 4 is 28.5 Å². The second-order valence-corrected chi connectivity index (χ2v) is 5.20. The highest BCUT2D eigenvalue weighted by molar-refractivity contribution is 6.31. The molecule has 1 saturated carbocycles. The van der Waals surface area contributed by atoms with Gasteiger partial charge in [-0.3, -0.25) is 9.78 Å². The van der Waals surface area contributed by atoms with Gasteiger partial charge < -0.3 is 5.11 Å². The van der Waals surface area contributed by atoms with Crippen LogP contribution in [0.25, 0.3) is 10.9 Å². The van der Waals surface area contributed by atoms with E-state index in [1.54, 1.807) is 18.3 Å². The van der Waals surface area contributed by atoms with Crippen LogP contribution in [-0.2, 0) is 10.2 Å². The molecule has 92 valence electrons. The van der Waals surface area contributed by atoms with Crippen LogP contribution in [0.1, 0.15) is 24.8 Å². The Morgan fingerprint density at radius 3 is 2.72 bits per heavy atom. The number of benzene rings is 1. The number of aromatic nitrogens is 1. The molecule has 1 N–H and O–H groups in total. The van der Waals surface area contributed by atoms with Gasteiger partial charge in [-0.25, -0.2) is 0 Å². The number of aliphatic carboxylic acids is 1. The molecule has 1 aliphatic carbocycles. The van der Waals surface area contributed by atoms with Crippen LogP contribution in [0.2, 0.25) is 5.02 Å². The van der Waals surface area contributed by atoms with E-state index < -0.39 is 11.4 Å². The van der Waals surface area contributed by atoms with Gasteiger partial charge in [0.25, 0.3) is 0 Å². The first-order valence-corrected chi connectivity index (χ1v) is 6.29. The van der Waals surface area contributed by atoms with E-state index in [0.29, 0.717) is 17.9 Å². The minimum absolute atomic E-state index is 0.616. The lowest BCUT2D eigenvalue weighted by atomic mass is 9.64. The lowest BCUT2D eigenvalue weighted by molar-refractivity contribution is -0.147. The highest BCUT2D eigenvalue weighted by Crippen LogP contribution is 2.46. The molecule has 2 aromatic rings. The SMILES string of the molecule is O=C(O)C1(c2ccnc3cc(Cl)ccc23)CCC1. The van der Waals surface area contributed by atoms with Crippen LogP contribution in [0.4, 0.5) is 0 Å². The van der Waals surface area contributed by atoms with Crippen LogP contribution in [0.15, 0.2) is 30.5 Å². The predicted molar refractivity (Wildman–Crippen MR) is 69.9 cm³/mol. The molecule has 1 aliphatic rings. The summed E-state index contributed by atoms with van der Waals surface area (Å²) in [7, 11) is 0. The molecule has 1 heterocycles. The van der Waals surface area contributed by atoms with Gasteiger partial charge in [-0.1, -0.05) is 24.1 Å². The third-order valence-corrected chi connectivity index (χ3v) is 4.07. The Balaban J connectivity index is 2.26. The fourth-order valence-electron chi connectivity index (χ4n) is 2.67. The lowest BCUT2D eigenvalue weighted by Crippen LogP contribution is -2.42. The number of fused-ring (bicyclic) bond motifs is 1. The van der Waals surface area contributed by atoms with Gasteiger partial charge in [0, 0.05) is 16.6 Å². The molecular weight excluding hydrogens is 250 g/mol. The summed E-state index contributed by atoms with van der Waals surface area (Å²) >= 11 is 5.94. The first-order chi connectivity index (χ1) is 8.63. The maximum Gasteiger partial charge on any atom is 0.314 e. The van der Waals surface area contributed by atoms with Crippen LogP contribution < -0.4 is 0 Å². The van der Waals surface area contributed by atoms with Crippen LogP contribution in [0.3, 0.4) is 0 Å². The van der Waals surface area contributed by atoms with E-state index in [1.807, 2.05) is 12.1 Å². The Bertz CT molecular complexity index is 635. The second-order valence-electron chi connectivity index (χ2n) is 4.76. The molecular formula is C14H12ClNO2. The molecule has 3 rings (SSSR count). The van der Waals surface area contributed by atoms with Crippen LogP contribution in [0.5, 0.6) is 0 Å². The van der Waals surface area contributed by atoms with Gasteiger partial charge in [-0.05, 0) is 36.6 Å². The molecule has 1 aromatic carbocycles. The van der Waals surface area contributed by atoms with Crippen molar-refractivity contribution in [3.8, 4) is 0 Å². The maximum atomic E-state index is 11.6. The third kappa shape index (κ3) is 1.51. The van der Waals surface area contributed by atoms with Crippen molar-refractivity contribution in [1.82, 2.24) is 4.98 Å². The fourth-order valence-corrected chi connectivity index (χ4v) is 2.83. The molecule has 1 fully saturated rings. The van der Waals surface area contributed by atoms with E-state index >= 15 is 0 Å². The zero-order valence-corrected chi connectivity index (χ0v) is 10.4. The summed E-state index contributed by atoms with van der Waals surface area (Å²) in [5, 5.41) is 11.0. The van der Waals surface area contributed by atoms with Crippen molar-refractivity contribution in [1.29, 1.82) is 0 Å². The number of hydrogen-bond acceptors (Lipinski definition) is 2. The molecule has 0 spiro atoms. The van der Waals surface area contributed by atoms with E-state index in [4.69, 9.17) is 11.6 Å². The maximum absolute atomic E-state index is 11.6. The molecule has 0 amide bonds. The van der Waals surface area contributed by atoms with Crippen molar-refractivity contribution in [2.45, 2.75) is 24.7 Å². The largest absolute Gasteiger partial charge is 0.481 e.